The van der Waals surface area contributed by atoms with Crippen LogP contribution in [0.1, 0.15) is 30.5 Å². The normalized spacial score (nSPS) is 14.1. The van der Waals surface area contributed by atoms with Crippen molar-refractivity contribution < 1.29 is 13.2 Å². The molecule has 1 aromatic heterocycles. The van der Waals surface area contributed by atoms with E-state index in [-0.39, 0.29) is 0 Å². The summed E-state index contributed by atoms with van der Waals surface area (Å²) < 4.78 is 36.7. The number of pyridine rings is 1. The van der Waals surface area contributed by atoms with Crippen molar-refractivity contribution in [2.75, 3.05) is 0 Å². The number of halogens is 3. The van der Waals surface area contributed by atoms with Crippen LogP contribution in [0.4, 0.5) is 13.2 Å². The maximum absolute atomic E-state index is 12.2. The Balaban J connectivity index is 3.01. The standard InChI is InChI=1S/C9H10F3N2/c1-2-8(13)6-3-7(5-14-4-6)9(10,11)12/h3-5,8,13H,2H2,1H3/q-1/t8-/m1/s1. The summed E-state index contributed by atoms with van der Waals surface area (Å²) in [6.07, 6.45) is -1.83. The van der Waals surface area contributed by atoms with Gasteiger partial charge in [-0.05, 0) is 11.6 Å². The van der Waals surface area contributed by atoms with Gasteiger partial charge in [0.05, 0.1) is 5.56 Å². The van der Waals surface area contributed by atoms with E-state index in [4.69, 9.17) is 5.73 Å². The van der Waals surface area contributed by atoms with E-state index in [1.807, 2.05) is 0 Å². The third-order valence-corrected chi connectivity index (χ3v) is 1.90. The number of aromatic nitrogens is 1. The highest BCUT2D eigenvalue weighted by Crippen LogP contribution is 2.30. The van der Waals surface area contributed by atoms with Crippen LogP contribution in [0.5, 0.6) is 0 Å². The lowest BCUT2D eigenvalue weighted by atomic mass is 10.1. The van der Waals surface area contributed by atoms with Crippen LogP contribution in [-0.4, -0.2) is 4.98 Å². The van der Waals surface area contributed by atoms with Gasteiger partial charge >= 0.3 is 6.18 Å². The van der Waals surface area contributed by atoms with E-state index in [1.54, 1.807) is 6.92 Å². The van der Waals surface area contributed by atoms with Gasteiger partial charge in [0.25, 0.3) is 0 Å². The fraction of sp³-hybridized carbons (Fsp3) is 0.444. The average Bonchev–Trinajstić information content (AvgIpc) is 2.15. The highest BCUT2D eigenvalue weighted by molar-refractivity contribution is 5.24. The Hall–Kier alpha value is -1.10. The molecule has 1 heterocycles. The molecule has 0 bridgehead atoms. The number of rotatable bonds is 2. The summed E-state index contributed by atoms with van der Waals surface area (Å²) >= 11 is 0. The maximum Gasteiger partial charge on any atom is 0.417 e. The summed E-state index contributed by atoms with van der Waals surface area (Å²) in [5.74, 6) is 0. The molecule has 2 nitrogen and oxygen atoms in total. The predicted octanol–water partition coefficient (Wildman–Crippen LogP) is 3.60. The third-order valence-electron chi connectivity index (χ3n) is 1.90. The SMILES string of the molecule is CC[C@@H]([NH-])c1cncc(C(F)(F)F)c1. The molecular formula is C9H10F3N2-. The van der Waals surface area contributed by atoms with Crippen molar-refractivity contribution in [2.24, 2.45) is 0 Å². The Morgan fingerprint density at radius 1 is 1.43 bits per heavy atom. The summed E-state index contributed by atoms with van der Waals surface area (Å²) in [7, 11) is 0. The second-order valence-corrected chi connectivity index (χ2v) is 2.97. The summed E-state index contributed by atoms with van der Waals surface area (Å²) in [5, 5.41) is 0. The number of alkyl halides is 3. The van der Waals surface area contributed by atoms with Crippen molar-refractivity contribution in [2.45, 2.75) is 25.6 Å². The molecule has 1 aromatic rings. The average molecular weight is 203 g/mol. The third kappa shape index (κ3) is 2.45. The minimum Gasteiger partial charge on any atom is -0.671 e. The first-order valence-electron chi connectivity index (χ1n) is 4.18. The van der Waals surface area contributed by atoms with E-state index in [9.17, 15) is 13.2 Å². The molecule has 0 amide bonds. The Bertz CT molecular complexity index is 309. The fourth-order valence-electron chi connectivity index (χ4n) is 1.04. The van der Waals surface area contributed by atoms with Gasteiger partial charge in [-0.3, -0.25) is 4.98 Å². The molecule has 5 heteroatoms. The van der Waals surface area contributed by atoms with Crippen LogP contribution in [0.25, 0.3) is 5.73 Å². The molecule has 0 aliphatic carbocycles. The van der Waals surface area contributed by atoms with E-state index in [1.165, 1.54) is 6.20 Å². The predicted molar refractivity (Wildman–Crippen MR) is 46.6 cm³/mol. The van der Waals surface area contributed by atoms with E-state index < -0.39 is 17.8 Å². The summed E-state index contributed by atoms with van der Waals surface area (Å²) in [6.45, 7) is 1.75. The molecule has 0 unspecified atom stereocenters. The Morgan fingerprint density at radius 3 is 2.57 bits per heavy atom. The molecular weight excluding hydrogens is 193 g/mol. The highest BCUT2D eigenvalue weighted by Gasteiger charge is 2.30. The van der Waals surface area contributed by atoms with Crippen molar-refractivity contribution in [3.63, 3.8) is 0 Å². The minimum atomic E-state index is -4.38. The molecule has 78 valence electrons. The van der Waals surface area contributed by atoms with Gasteiger partial charge in [0, 0.05) is 12.4 Å². The number of hydrogen-bond donors (Lipinski definition) is 0. The van der Waals surface area contributed by atoms with Crippen LogP contribution >= 0.6 is 0 Å². The first kappa shape index (κ1) is 11.0. The zero-order valence-corrected chi connectivity index (χ0v) is 7.60. The monoisotopic (exact) mass is 203 g/mol. The fourth-order valence-corrected chi connectivity index (χ4v) is 1.04. The molecule has 0 saturated heterocycles. The van der Waals surface area contributed by atoms with Crippen molar-refractivity contribution in [3.05, 3.63) is 35.3 Å². The smallest absolute Gasteiger partial charge is 0.417 e. The molecule has 0 aliphatic rings. The maximum atomic E-state index is 12.2. The molecule has 0 saturated carbocycles. The van der Waals surface area contributed by atoms with E-state index >= 15 is 0 Å². The Labute approximate surface area is 79.9 Å². The Kier molecular flexibility index (Phi) is 3.10. The van der Waals surface area contributed by atoms with Crippen molar-refractivity contribution in [1.29, 1.82) is 0 Å². The first-order valence-corrected chi connectivity index (χ1v) is 4.18. The first-order chi connectivity index (χ1) is 6.45. The van der Waals surface area contributed by atoms with Gasteiger partial charge in [0.1, 0.15) is 0 Å². The number of nitrogens with one attached hydrogen (secondary N) is 1. The topological polar surface area (TPSA) is 36.7 Å². The van der Waals surface area contributed by atoms with Crippen LogP contribution in [0, 0.1) is 0 Å². The molecule has 0 fully saturated rings. The van der Waals surface area contributed by atoms with Crippen molar-refractivity contribution >= 4 is 0 Å². The van der Waals surface area contributed by atoms with Crippen LogP contribution < -0.4 is 0 Å². The Morgan fingerprint density at radius 2 is 2.07 bits per heavy atom. The molecule has 0 aliphatic heterocycles. The van der Waals surface area contributed by atoms with E-state index in [0.29, 0.717) is 12.0 Å². The molecule has 1 N–H and O–H groups in total. The van der Waals surface area contributed by atoms with Gasteiger partial charge in [-0.15, -0.1) is 6.04 Å². The van der Waals surface area contributed by atoms with Crippen LogP contribution in [-0.2, 0) is 6.18 Å². The molecule has 1 rings (SSSR count). The van der Waals surface area contributed by atoms with Crippen LogP contribution in [0.3, 0.4) is 0 Å². The summed E-state index contributed by atoms with van der Waals surface area (Å²) in [5.41, 5.74) is 6.97. The van der Waals surface area contributed by atoms with E-state index in [2.05, 4.69) is 4.98 Å². The minimum absolute atomic E-state index is 0.308. The lowest BCUT2D eigenvalue weighted by Gasteiger charge is -2.18. The molecule has 0 aromatic carbocycles. The van der Waals surface area contributed by atoms with Crippen molar-refractivity contribution in [1.82, 2.24) is 4.98 Å². The lowest BCUT2D eigenvalue weighted by molar-refractivity contribution is -0.137. The molecule has 1 atom stereocenters. The van der Waals surface area contributed by atoms with Gasteiger partial charge in [-0.2, -0.15) is 13.2 Å². The van der Waals surface area contributed by atoms with Gasteiger partial charge in [0.15, 0.2) is 0 Å². The quantitative estimate of drug-likeness (QED) is 0.723. The van der Waals surface area contributed by atoms with E-state index in [0.717, 1.165) is 12.3 Å². The largest absolute Gasteiger partial charge is 0.671 e. The molecule has 14 heavy (non-hydrogen) atoms. The van der Waals surface area contributed by atoms with Crippen LogP contribution in [0.2, 0.25) is 0 Å². The number of hydrogen-bond acceptors (Lipinski definition) is 1. The molecule has 0 radical (unpaired) electrons. The van der Waals surface area contributed by atoms with Gasteiger partial charge in [-0.25, -0.2) is 0 Å². The number of nitrogens with zero attached hydrogens (tertiary/aromatic N) is 1. The van der Waals surface area contributed by atoms with Gasteiger partial charge < -0.3 is 5.73 Å². The molecule has 0 spiro atoms. The highest BCUT2D eigenvalue weighted by atomic mass is 19.4. The zero-order valence-electron chi connectivity index (χ0n) is 7.60. The van der Waals surface area contributed by atoms with Crippen LogP contribution in [0.15, 0.2) is 18.5 Å². The zero-order chi connectivity index (χ0) is 10.8. The summed E-state index contributed by atoms with van der Waals surface area (Å²) in [6, 6.07) is 0.346. The lowest BCUT2D eigenvalue weighted by Crippen LogP contribution is -2.06. The summed E-state index contributed by atoms with van der Waals surface area (Å²) in [4.78, 5) is 3.48. The second-order valence-electron chi connectivity index (χ2n) is 2.97. The van der Waals surface area contributed by atoms with Gasteiger partial charge in [-0.1, -0.05) is 13.3 Å². The van der Waals surface area contributed by atoms with Gasteiger partial charge in [0.2, 0.25) is 0 Å². The van der Waals surface area contributed by atoms with Crippen molar-refractivity contribution in [3.8, 4) is 0 Å². The second kappa shape index (κ2) is 3.96.